The molecular weight excluding hydrogens is 767 g/mol. The van der Waals surface area contributed by atoms with Gasteiger partial charge in [-0.3, -0.25) is 0 Å². The van der Waals surface area contributed by atoms with Crippen molar-refractivity contribution in [2.45, 2.75) is 50.4 Å². The summed E-state index contributed by atoms with van der Waals surface area (Å²) in [5, 5.41) is 5.35. The second-order valence-corrected chi connectivity index (χ2v) is 18.6. The van der Waals surface area contributed by atoms with Gasteiger partial charge in [0.2, 0.25) is 0 Å². The standard InChI is InChI=1S/C60H47NS/c1-60(42-23-6-3-7-24-42)53-33-12-8-25-45(53)46-38-37-43(39-54(46)60)61(56-35-14-10-27-48(56)51-31-18-32-52-49-28-11-15-36-57(49)62-59(51)52)55-34-13-9-26-47(55)50-30-17-22-41-21-16-29-44(58(41)50)40-19-4-2-5-20-40/h3,6-18,21-40H,2,4-5,19-20H2,1H3. The zero-order valence-corrected chi connectivity index (χ0v) is 35.8. The van der Waals surface area contributed by atoms with Crippen LogP contribution in [0.5, 0.6) is 0 Å². The van der Waals surface area contributed by atoms with Crippen molar-refractivity contribution in [1.82, 2.24) is 0 Å². The maximum absolute atomic E-state index is 2.58. The van der Waals surface area contributed by atoms with Crippen molar-refractivity contribution in [2.24, 2.45) is 0 Å². The highest BCUT2D eigenvalue weighted by atomic mass is 32.1. The van der Waals surface area contributed by atoms with Gasteiger partial charge in [-0.2, -0.15) is 0 Å². The van der Waals surface area contributed by atoms with Crippen LogP contribution in [-0.4, -0.2) is 0 Å². The molecule has 1 unspecified atom stereocenters. The average Bonchev–Trinajstić information content (AvgIpc) is 3.85. The van der Waals surface area contributed by atoms with E-state index in [0.717, 1.165) is 11.4 Å². The summed E-state index contributed by atoms with van der Waals surface area (Å²) >= 11 is 1.90. The Labute approximate surface area is 368 Å². The van der Waals surface area contributed by atoms with Gasteiger partial charge >= 0.3 is 0 Å². The van der Waals surface area contributed by atoms with Crippen LogP contribution in [0.1, 0.15) is 67.2 Å². The predicted octanol–water partition coefficient (Wildman–Crippen LogP) is 17.4. The van der Waals surface area contributed by atoms with Gasteiger partial charge < -0.3 is 4.90 Å². The SMILES string of the molecule is CC1(c2ccccc2)c2ccccc2-c2ccc(N(c3ccccc3-c3cccc4c3sc3ccccc34)c3ccccc3-c3cccc4cccc(C5CCCCC5)c34)cc21. The van der Waals surface area contributed by atoms with Gasteiger partial charge in [-0.25, -0.2) is 0 Å². The van der Waals surface area contributed by atoms with Crippen LogP contribution in [-0.2, 0) is 5.41 Å². The highest BCUT2D eigenvalue weighted by Gasteiger charge is 2.41. The van der Waals surface area contributed by atoms with E-state index in [1.807, 2.05) is 11.3 Å². The monoisotopic (exact) mass is 813 g/mol. The molecule has 0 bridgehead atoms. The summed E-state index contributed by atoms with van der Waals surface area (Å²) in [5.74, 6) is 0.577. The molecule has 0 radical (unpaired) electrons. The molecule has 10 aromatic rings. The van der Waals surface area contributed by atoms with Crippen LogP contribution in [0.15, 0.2) is 200 Å². The Kier molecular flexibility index (Phi) is 8.97. The van der Waals surface area contributed by atoms with Crippen molar-refractivity contribution >= 4 is 59.3 Å². The molecule has 0 saturated heterocycles. The van der Waals surface area contributed by atoms with E-state index in [1.165, 1.54) is 124 Å². The zero-order valence-electron chi connectivity index (χ0n) is 35.0. The quantitative estimate of drug-likeness (QED) is 0.155. The van der Waals surface area contributed by atoms with Crippen LogP contribution in [0.4, 0.5) is 17.1 Å². The number of rotatable bonds is 7. The van der Waals surface area contributed by atoms with Crippen LogP contribution in [0.25, 0.3) is 64.3 Å². The van der Waals surface area contributed by atoms with Crippen LogP contribution >= 0.6 is 11.3 Å². The normalized spacial score (nSPS) is 16.1. The molecule has 0 N–H and O–H groups in total. The molecule has 2 heteroatoms. The van der Waals surface area contributed by atoms with Gasteiger partial charge in [-0.05, 0) is 106 Å². The number of fused-ring (bicyclic) bond motifs is 7. The number of thiophene rings is 1. The summed E-state index contributed by atoms with van der Waals surface area (Å²) in [7, 11) is 0. The third-order valence-electron chi connectivity index (χ3n) is 14.2. The molecule has 2 aliphatic carbocycles. The number of benzene rings is 9. The van der Waals surface area contributed by atoms with E-state index in [0.29, 0.717) is 5.92 Å². The molecule has 1 saturated carbocycles. The van der Waals surface area contributed by atoms with Gasteiger partial charge in [0.25, 0.3) is 0 Å². The Morgan fingerprint density at radius 1 is 0.468 bits per heavy atom. The van der Waals surface area contributed by atoms with Crippen LogP contribution in [0.2, 0.25) is 0 Å². The van der Waals surface area contributed by atoms with E-state index in [1.54, 1.807) is 0 Å². The van der Waals surface area contributed by atoms with Crippen molar-refractivity contribution in [3.8, 4) is 33.4 Å². The topological polar surface area (TPSA) is 3.24 Å². The second kappa shape index (κ2) is 15.0. The fraction of sp³-hybridized carbons (Fsp3) is 0.133. The Balaban J connectivity index is 1.14. The largest absolute Gasteiger partial charge is 0.309 e. The fourth-order valence-electron chi connectivity index (χ4n) is 11.2. The molecule has 1 fully saturated rings. The summed E-state index contributed by atoms with van der Waals surface area (Å²) in [6.45, 7) is 2.42. The van der Waals surface area contributed by atoms with Gasteiger partial charge in [0.1, 0.15) is 0 Å². The molecule has 9 aromatic carbocycles. The minimum Gasteiger partial charge on any atom is -0.309 e. The first kappa shape index (κ1) is 37.1. The average molecular weight is 814 g/mol. The van der Waals surface area contributed by atoms with E-state index >= 15 is 0 Å². The van der Waals surface area contributed by atoms with Crippen molar-refractivity contribution in [1.29, 1.82) is 0 Å². The lowest BCUT2D eigenvalue weighted by molar-refractivity contribution is 0.445. The summed E-state index contributed by atoms with van der Waals surface area (Å²) in [4.78, 5) is 2.58. The first-order valence-corrected chi connectivity index (χ1v) is 23.2. The maximum atomic E-state index is 2.58. The van der Waals surface area contributed by atoms with Crippen molar-refractivity contribution in [3.63, 3.8) is 0 Å². The molecule has 12 rings (SSSR count). The molecule has 62 heavy (non-hydrogen) atoms. The smallest absolute Gasteiger partial charge is 0.0540 e. The van der Waals surface area contributed by atoms with Crippen LogP contribution in [0.3, 0.4) is 0 Å². The maximum Gasteiger partial charge on any atom is 0.0540 e. The number of hydrogen-bond donors (Lipinski definition) is 0. The van der Waals surface area contributed by atoms with Crippen LogP contribution in [0, 0.1) is 0 Å². The molecule has 1 heterocycles. The molecule has 0 amide bonds. The van der Waals surface area contributed by atoms with E-state index < -0.39 is 0 Å². The first-order valence-electron chi connectivity index (χ1n) is 22.4. The molecule has 0 aliphatic heterocycles. The second-order valence-electron chi connectivity index (χ2n) is 17.5. The highest BCUT2D eigenvalue weighted by molar-refractivity contribution is 7.26. The fourth-order valence-corrected chi connectivity index (χ4v) is 12.4. The predicted molar refractivity (Wildman–Crippen MR) is 266 cm³/mol. The van der Waals surface area contributed by atoms with Crippen molar-refractivity contribution in [3.05, 3.63) is 222 Å². The molecule has 1 aromatic heterocycles. The van der Waals surface area contributed by atoms with Crippen molar-refractivity contribution < 1.29 is 0 Å². The molecule has 0 spiro atoms. The minimum atomic E-state index is -0.332. The molecule has 2 aliphatic rings. The van der Waals surface area contributed by atoms with Gasteiger partial charge in [0, 0.05) is 48.0 Å². The summed E-state index contributed by atoms with van der Waals surface area (Å²) < 4.78 is 2.64. The van der Waals surface area contributed by atoms with E-state index in [9.17, 15) is 0 Å². The minimum absolute atomic E-state index is 0.332. The van der Waals surface area contributed by atoms with Crippen molar-refractivity contribution in [2.75, 3.05) is 4.90 Å². The number of hydrogen-bond acceptors (Lipinski definition) is 2. The molecule has 298 valence electrons. The Bertz CT molecular complexity index is 3310. The summed E-state index contributed by atoms with van der Waals surface area (Å²) in [6.07, 6.45) is 6.48. The first-order chi connectivity index (χ1) is 30.7. The van der Waals surface area contributed by atoms with Gasteiger partial charge in [0.05, 0.1) is 11.4 Å². The lowest BCUT2D eigenvalue weighted by Crippen LogP contribution is -2.23. The lowest BCUT2D eigenvalue weighted by Gasteiger charge is -2.33. The molecule has 1 atom stereocenters. The zero-order chi connectivity index (χ0) is 41.2. The Morgan fingerprint density at radius 2 is 1.06 bits per heavy atom. The molecular formula is C60H47NS. The third-order valence-corrected chi connectivity index (χ3v) is 15.4. The number of para-hydroxylation sites is 2. The number of nitrogens with zero attached hydrogens (tertiary/aromatic N) is 1. The Morgan fingerprint density at radius 3 is 1.87 bits per heavy atom. The molecule has 1 nitrogen and oxygen atoms in total. The van der Waals surface area contributed by atoms with E-state index in [4.69, 9.17) is 0 Å². The van der Waals surface area contributed by atoms with Gasteiger partial charge in [-0.15, -0.1) is 11.3 Å². The van der Waals surface area contributed by atoms with E-state index in [-0.39, 0.29) is 5.41 Å². The van der Waals surface area contributed by atoms with Crippen LogP contribution < -0.4 is 4.90 Å². The van der Waals surface area contributed by atoms with Gasteiger partial charge in [-0.1, -0.05) is 189 Å². The highest BCUT2D eigenvalue weighted by Crippen LogP contribution is 2.55. The van der Waals surface area contributed by atoms with E-state index in [2.05, 4.69) is 212 Å². The third kappa shape index (κ3) is 5.81. The summed E-state index contributed by atoms with van der Waals surface area (Å²) in [6, 6.07) is 75.4. The van der Waals surface area contributed by atoms with Gasteiger partial charge in [0.15, 0.2) is 0 Å². The summed E-state index contributed by atoms with van der Waals surface area (Å²) in [5.41, 5.74) is 16.3. The Hall–Kier alpha value is -6.74. The number of anilines is 3. The lowest BCUT2D eigenvalue weighted by atomic mass is 9.74.